The number of nitrogens with one attached hydrogen (secondary N) is 1. The lowest BCUT2D eigenvalue weighted by Gasteiger charge is -2.22. The minimum Gasteiger partial charge on any atom is -0.409 e. The molecule has 1 amide bonds. The van der Waals surface area contributed by atoms with Gasteiger partial charge in [-0.3, -0.25) is 4.79 Å². The number of rotatable bonds is 5. The SMILES string of the molecule is CSC(C)(C)CNC(=O)CC(N)=NO. The number of amidine groups is 1. The van der Waals surface area contributed by atoms with Gasteiger partial charge in [-0.25, -0.2) is 0 Å². The zero-order chi connectivity index (χ0) is 11.2. The van der Waals surface area contributed by atoms with Gasteiger partial charge < -0.3 is 16.3 Å². The molecular formula is C8H17N3O2S. The van der Waals surface area contributed by atoms with E-state index in [2.05, 4.69) is 10.5 Å². The third-order valence-corrected chi connectivity index (χ3v) is 2.98. The summed E-state index contributed by atoms with van der Waals surface area (Å²) in [4.78, 5) is 11.2. The van der Waals surface area contributed by atoms with Gasteiger partial charge in [-0.2, -0.15) is 11.8 Å². The first kappa shape index (κ1) is 13.1. The minimum absolute atomic E-state index is 0.000773. The smallest absolute Gasteiger partial charge is 0.227 e. The van der Waals surface area contributed by atoms with Crippen molar-refractivity contribution in [2.45, 2.75) is 25.0 Å². The first-order chi connectivity index (χ1) is 6.41. The van der Waals surface area contributed by atoms with Crippen LogP contribution < -0.4 is 11.1 Å². The lowest BCUT2D eigenvalue weighted by molar-refractivity contribution is -0.120. The fourth-order valence-electron chi connectivity index (χ4n) is 0.646. The maximum Gasteiger partial charge on any atom is 0.227 e. The van der Waals surface area contributed by atoms with Crippen molar-refractivity contribution in [2.24, 2.45) is 10.9 Å². The lowest BCUT2D eigenvalue weighted by atomic mass is 10.2. The molecular weight excluding hydrogens is 202 g/mol. The van der Waals surface area contributed by atoms with Gasteiger partial charge in [0.05, 0.1) is 6.42 Å². The molecule has 0 heterocycles. The maximum atomic E-state index is 11.2. The number of thioether (sulfide) groups is 1. The van der Waals surface area contributed by atoms with Crippen LogP contribution in [-0.4, -0.2) is 34.5 Å². The molecule has 0 aliphatic rings. The number of oxime groups is 1. The van der Waals surface area contributed by atoms with Crippen molar-refractivity contribution in [1.29, 1.82) is 0 Å². The summed E-state index contributed by atoms with van der Waals surface area (Å²) in [5.74, 6) is -0.313. The largest absolute Gasteiger partial charge is 0.409 e. The molecule has 0 saturated carbocycles. The van der Waals surface area contributed by atoms with Crippen LogP contribution in [0.5, 0.6) is 0 Å². The fraction of sp³-hybridized carbons (Fsp3) is 0.750. The van der Waals surface area contributed by atoms with Crippen LogP contribution in [0.25, 0.3) is 0 Å². The summed E-state index contributed by atoms with van der Waals surface area (Å²) in [6, 6.07) is 0. The lowest BCUT2D eigenvalue weighted by Crippen LogP contribution is -2.37. The molecule has 0 spiro atoms. The van der Waals surface area contributed by atoms with Gasteiger partial charge in [-0.1, -0.05) is 5.16 Å². The van der Waals surface area contributed by atoms with Crippen molar-refractivity contribution in [2.75, 3.05) is 12.8 Å². The summed E-state index contributed by atoms with van der Waals surface area (Å²) < 4.78 is 0.000773. The van der Waals surface area contributed by atoms with E-state index in [9.17, 15) is 4.79 Å². The molecule has 0 aromatic heterocycles. The van der Waals surface area contributed by atoms with E-state index in [1.54, 1.807) is 11.8 Å². The molecule has 0 aromatic carbocycles. The Balaban J connectivity index is 3.86. The van der Waals surface area contributed by atoms with Crippen molar-refractivity contribution in [3.05, 3.63) is 0 Å². The normalized spacial score (nSPS) is 12.6. The van der Waals surface area contributed by atoms with E-state index in [1.165, 1.54) is 0 Å². The Morgan fingerprint density at radius 3 is 2.64 bits per heavy atom. The Morgan fingerprint density at radius 1 is 1.64 bits per heavy atom. The number of nitrogens with two attached hydrogens (primary N) is 1. The zero-order valence-corrected chi connectivity index (χ0v) is 9.52. The quantitative estimate of drug-likeness (QED) is 0.270. The van der Waals surface area contributed by atoms with Crippen LogP contribution in [-0.2, 0) is 4.79 Å². The molecule has 6 heteroatoms. The van der Waals surface area contributed by atoms with E-state index in [-0.39, 0.29) is 22.9 Å². The molecule has 0 radical (unpaired) electrons. The van der Waals surface area contributed by atoms with Crippen LogP contribution in [0.2, 0.25) is 0 Å². The van der Waals surface area contributed by atoms with Crippen molar-refractivity contribution in [3.8, 4) is 0 Å². The van der Waals surface area contributed by atoms with Gasteiger partial charge in [-0.15, -0.1) is 0 Å². The van der Waals surface area contributed by atoms with E-state index in [0.29, 0.717) is 6.54 Å². The molecule has 0 unspecified atom stereocenters. The summed E-state index contributed by atoms with van der Waals surface area (Å²) in [5.41, 5.74) is 5.18. The molecule has 5 nitrogen and oxygen atoms in total. The molecule has 0 bridgehead atoms. The standard InChI is InChI=1S/C8H17N3O2S/c1-8(2,14-3)5-10-7(12)4-6(9)11-13/h13H,4-5H2,1-3H3,(H2,9,11)(H,10,12). The second-order valence-corrected chi connectivity index (χ2v) is 5.02. The molecule has 82 valence electrons. The number of hydrogen-bond acceptors (Lipinski definition) is 4. The van der Waals surface area contributed by atoms with E-state index < -0.39 is 0 Å². The van der Waals surface area contributed by atoms with Gasteiger partial charge in [0, 0.05) is 11.3 Å². The van der Waals surface area contributed by atoms with Crippen LogP contribution >= 0.6 is 11.8 Å². The third kappa shape index (κ3) is 5.69. The highest BCUT2D eigenvalue weighted by atomic mass is 32.2. The predicted octanol–water partition coefficient (Wildman–Crippen LogP) is 0.381. The number of carbonyl (C=O) groups is 1. The first-order valence-electron chi connectivity index (χ1n) is 4.19. The number of carbonyl (C=O) groups excluding carboxylic acids is 1. The highest BCUT2D eigenvalue weighted by molar-refractivity contribution is 7.99. The summed E-state index contributed by atoms with van der Waals surface area (Å²) in [7, 11) is 0. The summed E-state index contributed by atoms with van der Waals surface area (Å²) in [6.07, 6.45) is 1.91. The summed E-state index contributed by atoms with van der Waals surface area (Å²) in [5, 5.41) is 13.7. The van der Waals surface area contributed by atoms with Crippen LogP contribution in [0.15, 0.2) is 5.16 Å². The van der Waals surface area contributed by atoms with Crippen molar-refractivity contribution < 1.29 is 10.0 Å². The van der Waals surface area contributed by atoms with Gasteiger partial charge in [0.15, 0.2) is 0 Å². The molecule has 0 rings (SSSR count). The molecule has 0 aliphatic heterocycles. The molecule has 4 N–H and O–H groups in total. The van der Waals surface area contributed by atoms with Crippen LogP contribution in [0.1, 0.15) is 20.3 Å². The van der Waals surface area contributed by atoms with Gasteiger partial charge in [0.2, 0.25) is 5.91 Å². The highest BCUT2D eigenvalue weighted by Gasteiger charge is 2.17. The van der Waals surface area contributed by atoms with Crippen molar-refractivity contribution >= 4 is 23.5 Å². The topological polar surface area (TPSA) is 87.7 Å². The van der Waals surface area contributed by atoms with Gasteiger partial charge in [-0.05, 0) is 20.1 Å². The highest BCUT2D eigenvalue weighted by Crippen LogP contribution is 2.19. The predicted molar refractivity (Wildman–Crippen MR) is 58.6 cm³/mol. The Bertz CT molecular complexity index is 229. The third-order valence-electron chi connectivity index (χ3n) is 1.73. The van der Waals surface area contributed by atoms with E-state index >= 15 is 0 Å². The van der Waals surface area contributed by atoms with Crippen molar-refractivity contribution in [1.82, 2.24) is 5.32 Å². The molecule has 0 aromatic rings. The number of nitrogens with zero attached hydrogens (tertiary/aromatic N) is 1. The van der Waals surface area contributed by atoms with Gasteiger partial charge in [0.25, 0.3) is 0 Å². The Hall–Kier alpha value is -0.910. The molecule has 0 fully saturated rings. The Morgan fingerprint density at radius 2 is 2.21 bits per heavy atom. The van der Waals surface area contributed by atoms with E-state index in [4.69, 9.17) is 10.9 Å². The minimum atomic E-state index is -0.234. The summed E-state index contributed by atoms with van der Waals surface area (Å²) >= 11 is 1.67. The average Bonchev–Trinajstić information content (AvgIpc) is 2.15. The van der Waals surface area contributed by atoms with Crippen LogP contribution in [0.4, 0.5) is 0 Å². The first-order valence-corrected chi connectivity index (χ1v) is 5.42. The molecule has 0 atom stereocenters. The maximum absolute atomic E-state index is 11.2. The molecule has 0 saturated heterocycles. The Labute approximate surface area is 88.1 Å². The van der Waals surface area contributed by atoms with E-state index in [1.807, 2.05) is 20.1 Å². The number of amides is 1. The average molecular weight is 219 g/mol. The molecule has 14 heavy (non-hydrogen) atoms. The monoisotopic (exact) mass is 219 g/mol. The second-order valence-electron chi connectivity index (χ2n) is 3.51. The molecule has 0 aliphatic carbocycles. The van der Waals surface area contributed by atoms with E-state index in [0.717, 1.165) is 0 Å². The zero-order valence-electron chi connectivity index (χ0n) is 8.70. The van der Waals surface area contributed by atoms with Gasteiger partial charge >= 0.3 is 0 Å². The summed E-state index contributed by atoms with van der Waals surface area (Å²) in [6.45, 7) is 4.62. The number of hydrogen-bond donors (Lipinski definition) is 3. The Kier molecular flexibility index (Phi) is 5.37. The van der Waals surface area contributed by atoms with Crippen LogP contribution in [0, 0.1) is 0 Å². The van der Waals surface area contributed by atoms with Gasteiger partial charge in [0.1, 0.15) is 5.84 Å². The van der Waals surface area contributed by atoms with Crippen molar-refractivity contribution in [3.63, 3.8) is 0 Å². The second kappa shape index (κ2) is 5.74. The van der Waals surface area contributed by atoms with Crippen LogP contribution in [0.3, 0.4) is 0 Å². The fourth-order valence-corrected chi connectivity index (χ4v) is 0.862.